The number of amides is 1. The average Bonchev–Trinajstić information content (AvgIpc) is 3.12. The van der Waals surface area contributed by atoms with Crippen molar-refractivity contribution in [3.8, 4) is 5.75 Å². The van der Waals surface area contributed by atoms with Gasteiger partial charge in [0, 0.05) is 5.92 Å². The van der Waals surface area contributed by atoms with Crippen molar-refractivity contribution in [3.05, 3.63) is 59.4 Å². The summed E-state index contributed by atoms with van der Waals surface area (Å²) in [6, 6.07) is 14.3. The summed E-state index contributed by atoms with van der Waals surface area (Å²) in [6.45, 7) is 5.83. The highest BCUT2D eigenvalue weighted by atomic mass is 16.5. The second-order valence-electron chi connectivity index (χ2n) is 8.29. The Balaban J connectivity index is 1.46. The fourth-order valence-corrected chi connectivity index (χ4v) is 4.45. The maximum atomic E-state index is 12.6. The van der Waals surface area contributed by atoms with Crippen LogP contribution in [0.1, 0.15) is 49.1 Å². The maximum Gasteiger partial charge on any atom is 0.223 e. The van der Waals surface area contributed by atoms with Gasteiger partial charge in [0.05, 0.1) is 24.1 Å². The summed E-state index contributed by atoms with van der Waals surface area (Å²) in [5.41, 5.74) is 4.31. The van der Waals surface area contributed by atoms with Crippen molar-refractivity contribution in [2.45, 2.75) is 59.0 Å². The summed E-state index contributed by atoms with van der Waals surface area (Å²) in [5.74, 6) is 2.16. The zero-order valence-corrected chi connectivity index (χ0v) is 18.0. The molecule has 2 aromatic carbocycles. The lowest BCUT2D eigenvalue weighted by molar-refractivity contribution is -0.126. The largest absolute Gasteiger partial charge is 0.491 e. The van der Waals surface area contributed by atoms with Crippen LogP contribution in [0.2, 0.25) is 0 Å². The lowest BCUT2D eigenvalue weighted by atomic mass is 9.89. The number of fused-ring (bicyclic) bond motifs is 1. The van der Waals surface area contributed by atoms with E-state index in [1.165, 1.54) is 6.42 Å². The van der Waals surface area contributed by atoms with Crippen LogP contribution in [0.4, 0.5) is 0 Å². The van der Waals surface area contributed by atoms with Gasteiger partial charge in [0.15, 0.2) is 0 Å². The molecular weight excluding hydrogens is 374 g/mol. The zero-order chi connectivity index (χ0) is 20.9. The molecule has 0 atom stereocenters. The number of imidazole rings is 1. The fraction of sp³-hybridized carbons (Fsp3) is 0.440. The molecule has 0 aliphatic heterocycles. The zero-order valence-electron chi connectivity index (χ0n) is 18.0. The van der Waals surface area contributed by atoms with Gasteiger partial charge in [-0.1, -0.05) is 49.6 Å². The molecule has 158 valence electrons. The smallest absolute Gasteiger partial charge is 0.223 e. The number of hydrogen-bond acceptors (Lipinski definition) is 3. The predicted octanol–water partition coefficient (Wildman–Crippen LogP) is 4.93. The maximum absolute atomic E-state index is 12.6. The third-order valence-electron chi connectivity index (χ3n) is 6.10. The molecule has 1 aliphatic rings. The Morgan fingerprint density at radius 2 is 1.80 bits per heavy atom. The first kappa shape index (κ1) is 20.5. The Bertz CT molecular complexity index is 998. The van der Waals surface area contributed by atoms with Crippen LogP contribution in [0.25, 0.3) is 11.0 Å². The molecule has 0 unspecified atom stereocenters. The second-order valence-corrected chi connectivity index (χ2v) is 8.29. The standard InChI is InChI=1S/C25H31N3O2/c1-18-9-8-10-19(2)24(18)30-16-15-28-22-14-7-6-13-21(22)27-23(28)17-26-25(29)20-11-4-3-5-12-20/h6-10,13-14,20H,3-5,11-12,15-17H2,1-2H3,(H,26,29). The van der Waals surface area contributed by atoms with Crippen LogP contribution in [-0.4, -0.2) is 22.1 Å². The van der Waals surface area contributed by atoms with Crippen LogP contribution in [0.15, 0.2) is 42.5 Å². The molecule has 0 bridgehead atoms. The highest BCUT2D eigenvalue weighted by Gasteiger charge is 2.21. The fourth-order valence-electron chi connectivity index (χ4n) is 4.45. The number of carbonyl (C=O) groups is 1. The Morgan fingerprint density at radius 1 is 1.07 bits per heavy atom. The number of benzene rings is 2. The highest BCUT2D eigenvalue weighted by Crippen LogP contribution is 2.25. The van der Waals surface area contributed by atoms with Crippen molar-refractivity contribution >= 4 is 16.9 Å². The first-order valence-corrected chi connectivity index (χ1v) is 11.0. The number of para-hydroxylation sites is 3. The summed E-state index contributed by atoms with van der Waals surface area (Å²) in [4.78, 5) is 17.4. The van der Waals surface area contributed by atoms with E-state index in [9.17, 15) is 4.79 Å². The third kappa shape index (κ3) is 4.50. The SMILES string of the molecule is Cc1cccc(C)c1OCCn1c(CNC(=O)C2CCCCC2)nc2ccccc21. The van der Waals surface area contributed by atoms with Gasteiger partial charge in [-0.05, 0) is 49.9 Å². The minimum Gasteiger partial charge on any atom is -0.491 e. The first-order chi connectivity index (χ1) is 14.6. The molecule has 3 aromatic rings. The number of rotatable bonds is 7. The first-order valence-electron chi connectivity index (χ1n) is 11.0. The van der Waals surface area contributed by atoms with E-state index in [0.29, 0.717) is 19.7 Å². The van der Waals surface area contributed by atoms with Crippen LogP contribution in [-0.2, 0) is 17.9 Å². The Kier molecular flexibility index (Phi) is 6.36. The lowest BCUT2D eigenvalue weighted by Crippen LogP contribution is -2.32. The minimum atomic E-state index is 0.156. The van der Waals surface area contributed by atoms with Crippen molar-refractivity contribution in [2.75, 3.05) is 6.61 Å². The van der Waals surface area contributed by atoms with Gasteiger partial charge >= 0.3 is 0 Å². The molecule has 1 N–H and O–H groups in total. The second kappa shape index (κ2) is 9.33. The van der Waals surface area contributed by atoms with Gasteiger partial charge < -0.3 is 14.6 Å². The normalized spacial score (nSPS) is 14.7. The molecule has 4 rings (SSSR count). The predicted molar refractivity (Wildman–Crippen MR) is 120 cm³/mol. The quantitative estimate of drug-likeness (QED) is 0.606. The lowest BCUT2D eigenvalue weighted by Gasteiger charge is -2.20. The minimum absolute atomic E-state index is 0.156. The number of nitrogens with one attached hydrogen (secondary N) is 1. The molecular formula is C25H31N3O2. The van der Waals surface area contributed by atoms with E-state index >= 15 is 0 Å². The van der Waals surface area contributed by atoms with Crippen molar-refractivity contribution in [1.82, 2.24) is 14.9 Å². The van der Waals surface area contributed by atoms with Crippen molar-refractivity contribution in [1.29, 1.82) is 0 Å². The van der Waals surface area contributed by atoms with Gasteiger partial charge in [0.1, 0.15) is 18.2 Å². The van der Waals surface area contributed by atoms with Crippen LogP contribution in [0, 0.1) is 19.8 Å². The summed E-state index contributed by atoms with van der Waals surface area (Å²) in [5, 5.41) is 3.13. The Labute approximate surface area is 178 Å². The van der Waals surface area contributed by atoms with Crippen LogP contribution < -0.4 is 10.1 Å². The molecule has 1 heterocycles. The third-order valence-corrected chi connectivity index (χ3v) is 6.10. The van der Waals surface area contributed by atoms with E-state index in [-0.39, 0.29) is 11.8 Å². The van der Waals surface area contributed by atoms with Gasteiger partial charge in [-0.2, -0.15) is 0 Å². The van der Waals surface area contributed by atoms with Gasteiger partial charge in [-0.15, -0.1) is 0 Å². The van der Waals surface area contributed by atoms with Gasteiger partial charge in [0.25, 0.3) is 0 Å². The van der Waals surface area contributed by atoms with Crippen LogP contribution in [0.3, 0.4) is 0 Å². The topological polar surface area (TPSA) is 56.1 Å². The number of aromatic nitrogens is 2. The van der Waals surface area contributed by atoms with E-state index in [1.54, 1.807) is 0 Å². The summed E-state index contributed by atoms with van der Waals surface area (Å²) < 4.78 is 8.30. The van der Waals surface area contributed by atoms with Gasteiger partial charge in [0.2, 0.25) is 5.91 Å². The van der Waals surface area contributed by atoms with E-state index in [1.807, 2.05) is 24.3 Å². The Morgan fingerprint density at radius 3 is 2.57 bits per heavy atom. The molecule has 30 heavy (non-hydrogen) atoms. The van der Waals surface area contributed by atoms with Crippen LogP contribution >= 0.6 is 0 Å². The molecule has 5 heteroatoms. The molecule has 1 aliphatic carbocycles. The molecule has 0 spiro atoms. The van der Waals surface area contributed by atoms with Crippen molar-refractivity contribution in [2.24, 2.45) is 5.92 Å². The number of nitrogens with zero attached hydrogens (tertiary/aromatic N) is 2. The van der Waals surface area contributed by atoms with Gasteiger partial charge in [-0.25, -0.2) is 4.98 Å². The van der Waals surface area contributed by atoms with E-state index in [0.717, 1.165) is 59.4 Å². The molecule has 1 fully saturated rings. The monoisotopic (exact) mass is 405 g/mol. The number of aryl methyl sites for hydroxylation is 2. The van der Waals surface area contributed by atoms with E-state index in [2.05, 4.69) is 41.9 Å². The van der Waals surface area contributed by atoms with Crippen molar-refractivity contribution in [3.63, 3.8) is 0 Å². The number of carbonyl (C=O) groups excluding carboxylic acids is 1. The molecule has 5 nitrogen and oxygen atoms in total. The van der Waals surface area contributed by atoms with E-state index < -0.39 is 0 Å². The molecule has 1 aromatic heterocycles. The summed E-state index contributed by atoms with van der Waals surface area (Å²) >= 11 is 0. The molecule has 0 radical (unpaired) electrons. The average molecular weight is 406 g/mol. The molecule has 1 saturated carbocycles. The molecule has 1 amide bonds. The summed E-state index contributed by atoms with van der Waals surface area (Å²) in [7, 11) is 0. The van der Waals surface area contributed by atoms with Gasteiger partial charge in [-0.3, -0.25) is 4.79 Å². The summed E-state index contributed by atoms with van der Waals surface area (Å²) in [6.07, 6.45) is 5.58. The highest BCUT2D eigenvalue weighted by molar-refractivity contribution is 5.79. The Hall–Kier alpha value is -2.82. The van der Waals surface area contributed by atoms with Crippen molar-refractivity contribution < 1.29 is 9.53 Å². The number of ether oxygens (including phenoxy) is 1. The van der Waals surface area contributed by atoms with Crippen LogP contribution in [0.5, 0.6) is 5.75 Å². The number of hydrogen-bond donors (Lipinski definition) is 1. The molecule has 0 saturated heterocycles. The van der Waals surface area contributed by atoms with E-state index in [4.69, 9.17) is 9.72 Å².